The van der Waals surface area contributed by atoms with Crippen LogP contribution in [-0.2, 0) is 6.54 Å². The summed E-state index contributed by atoms with van der Waals surface area (Å²) in [5, 5.41) is 7.48. The van der Waals surface area contributed by atoms with E-state index in [1.54, 1.807) is 0 Å². The van der Waals surface area contributed by atoms with Crippen molar-refractivity contribution < 1.29 is 4.52 Å². The van der Waals surface area contributed by atoms with E-state index in [0.29, 0.717) is 6.04 Å². The van der Waals surface area contributed by atoms with Crippen molar-refractivity contribution in [3.05, 3.63) is 17.5 Å². The molecule has 3 nitrogen and oxygen atoms in total. The van der Waals surface area contributed by atoms with Crippen molar-refractivity contribution in [2.45, 2.75) is 59.0 Å². The van der Waals surface area contributed by atoms with Gasteiger partial charge in [-0.3, -0.25) is 0 Å². The molecular formula is C12H22N2O. The number of aromatic nitrogens is 1. The molecule has 3 heteroatoms. The van der Waals surface area contributed by atoms with Gasteiger partial charge in [0, 0.05) is 18.7 Å². The van der Waals surface area contributed by atoms with E-state index in [9.17, 15) is 0 Å². The van der Waals surface area contributed by atoms with Crippen LogP contribution in [0.3, 0.4) is 0 Å². The van der Waals surface area contributed by atoms with Gasteiger partial charge < -0.3 is 9.84 Å². The lowest BCUT2D eigenvalue weighted by atomic mass is 10.1. The van der Waals surface area contributed by atoms with E-state index in [4.69, 9.17) is 4.52 Å². The number of hydrogen-bond donors (Lipinski definition) is 1. The van der Waals surface area contributed by atoms with Gasteiger partial charge in [-0.05, 0) is 19.8 Å². The van der Waals surface area contributed by atoms with Crippen LogP contribution in [0, 0.1) is 6.92 Å². The van der Waals surface area contributed by atoms with Gasteiger partial charge in [-0.1, -0.05) is 31.8 Å². The SMILES string of the molecule is CCCCC(CC)NCc1cc(C)on1. The molecule has 1 N–H and O–H groups in total. The maximum atomic E-state index is 5.02. The molecule has 0 aliphatic carbocycles. The number of nitrogens with one attached hydrogen (secondary N) is 1. The van der Waals surface area contributed by atoms with Gasteiger partial charge in [-0.25, -0.2) is 0 Å². The van der Waals surface area contributed by atoms with Crippen LogP contribution in [-0.4, -0.2) is 11.2 Å². The third-order valence-corrected chi connectivity index (χ3v) is 2.65. The van der Waals surface area contributed by atoms with Crippen molar-refractivity contribution >= 4 is 0 Å². The fourth-order valence-electron chi connectivity index (χ4n) is 1.65. The molecule has 0 radical (unpaired) electrons. The Bertz CT molecular complexity index is 270. The van der Waals surface area contributed by atoms with Gasteiger partial charge in [0.05, 0.1) is 5.69 Å². The molecule has 0 fully saturated rings. The van der Waals surface area contributed by atoms with E-state index in [2.05, 4.69) is 24.3 Å². The van der Waals surface area contributed by atoms with Crippen molar-refractivity contribution in [3.63, 3.8) is 0 Å². The molecule has 0 amide bonds. The smallest absolute Gasteiger partial charge is 0.133 e. The monoisotopic (exact) mass is 210 g/mol. The zero-order valence-corrected chi connectivity index (χ0v) is 10.0. The van der Waals surface area contributed by atoms with Gasteiger partial charge in [0.15, 0.2) is 0 Å². The summed E-state index contributed by atoms with van der Waals surface area (Å²) < 4.78 is 5.02. The van der Waals surface area contributed by atoms with E-state index in [1.165, 1.54) is 25.7 Å². The summed E-state index contributed by atoms with van der Waals surface area (Å²) >= 11 is 0. The van der Waals surface area contributed by atoms with Crippen molar-refractivity contribution in [2.75, 3.05) is 0 Å². The minimum absolute atomic E-state index is 0.613. The standard InChI is InChI=1S/C12H22N2O/c1-4-6-7-11(5-2)13-9-12-8-10(3)15-14-12/h8,11,13H,4-7,9H2,1-3H3. The lowest BCUT2D eigenvalue weighted by Crippen LogP contribution is -2.27. The topological polar surface area (TPSA) is 38.1 Å². The molecule has 86 valence electrons. The van der Waals surface area contributed by atoms with Crippen LogP contribution in [0.25, 0.3) is 0 Å². The fourth-order valence-corrected chi connectivity index (χ4v) is 1.65. The molecule has 1 rings (SSSR count). The molecule has 1 unspecified atom stereocenters. The van der Waals surface area contributed by atoms with Crippen molar-refractivity contribution in [1.82, 2.24) is 10.5 Å². The third-order valence-electron chi connectivity index (χ3n) is 2.65. The summed E-state index contributed by atoms with van der Waals surface area (Å²) in [4.78, 5) is 0. The highest BCUT2D eigenvalue weighted by Crippen LogP contribution is 2.06. The Morgan fingerprint density at radius 3 is 2.80 bits per heavy atom. The summed E-state index contributed by atoms with van der Waals surface area (Å²) in [5.41, 5.74) is 1.00. The van der Waals surface area contributed by atoms with E-state index in [0.717, 1.165) is 18.0 Å². The lowest BCUT2D eigenvalue weighted by molar-refractivity contribution is 0.381. The Hall–Kier alpha value is -0.830. The first-order valence-corrected chi connectivity index (χ1v) is 5.91. The highest BCUT2D eigenvalue weighted by molar-refractivity contribution is 5.03. The zero-order valence-electron chi connectivity index (χ0n) is 10.0. The quantitative estimate of drug-likeness (QED) is 0.751. The molecule has 1 atom stereocenters. The number of unbranched alkanes of at least 4 members (excludes halogenated alkanes) is 1. The van der Waals surface area contributed by atoms with Crippen LogP contribution < -0.4 is 5.32 Å². The molecular weight excluding hydrogens is 188 g/mol. The molecule has 0 bridgehead atoms. The maximum absolute atomic E-state index is 5.02. The van der Waals surface area contributed by atoms with Crippen LogP contribution in [0.5, 0.6) is 0 Å². The van der Waals surface area contributed by atoms with E-state index in [1.807, 2.05) is 13.0 Å². The van der Waals surface area contributed by atoms with Crippen LogP contribution >= 0.6 is 0 Å². The average molecular weight is 210 g/mol. The average Bonchev–Trinajstić information content (AvgIpc) is 2.65. The molecule has 0 spiro atoms. The second-order valence-electron chi connectivity index (χ2n) is 4.06. The van der Waals surface area contributed by atoms with Crippen LogP contribution in [0.15, 0.2) is 10.6 Å². The zero-order chi connectivity index (χ0) is 11.1. The highest BCUT2D eigenvalue weighted by atomic mass is 16.5. The minimum Gasteiger partial charge on any atom is -0.361 e. The molecule has 0 saturated carbocycles. The molecule has 1 heterocycles. The van der Waals surface area contributed by atoms with Crippen molar-refractivity contribution in [2.24, 2.45) is 0 Å². The fraction of sp³-hybridized carbons (Fsp3) is 0.750. The van der Waals surface area contributed by atoms with Crippen LogP contribution in [0.4, 0.5) is 0 Å². The van der Waals surface area contributed by atoms with E-state index < -0.39 is 0 Å². The Morgan fingerprint density at radius 1 is 1.47 bits per heavy atom. The Kier molecular flexibility index (Phi) is 5.40. The molecule has 0 aliphatic heterocycles. The number of rotatable bonds is 7. The van der Waals surface area contributed by atoms with Gasteiger partial charge in [0.1, 0.15) is 5.76 Å². The first-order chi connectivity index (χ1) is 7.26. The molecule has 15 heavy (non-hydrogen) atoms. The van der Waals surface area contributed by atoms with Crippen LogP contribution in [0.2, 0.25) is 0 Å². The Labute approximate surface area is 92.2 Å². The predicted octanol–water partition coefficient (Wildman–Crippen LogP) is 3.04. The van der Waals surface area contributed by atoms with Gasteiger partial charge in [-0.2, -0.15) is 0 Å². The van der Waals surface area contributed by atoms with Gasteiger partial charge in [-0.15, -0.1) is 0 Å². The summed E-state index contributed by atoms with van der Waals surface area (Å²) in [5.74, 6) is 0.883. The molecule has 1 aromatic rings. The second kappa shape index (κ2) is 6.62. The first kappa shape index (κ1) is 12.2. The summed E-state index contributed by atoms with van der Waals surface area (Å²) in [7, 11) is 0. The van der Waals surface area contributed by atoms with E-state index in [-0.39, 0.29) is 0 Å². The summed E-state index contributed by atoms with van der Waals surface area (Å²) in [6.45, 7) is 7.19. The number of nitrogens with zero attached hydrogens (tertiary/aromatic N) is 1. The molecule has 0 saturated heterocycles. The van der Waals surface area contributed by atoms with Crippen molar-refractivity contribution in [3.8, 4) is 0 Å². The minimum atomic E-state index is 0.613. The van der Waals surface area contributed by atoms with Crippen LogP contribution in [0.1, 0.15) is 51.0 Å². The Balaban J connectivity index is 2.27. The third kappa shape index (κ3) is 4.47. The first-order valence-electron chi connectivity index (χ1n) is 5.91. The lowest BCUT2D eigenvalue weighted by Gasteiger charge is -2.15. The second-order valence-corrected chi connectivity index (χ2v) is 4.06. The Morgan fingerprint density at radius 2 is 2.27 bits per heavy atom. The molecule has 0 aromatic carbocycles. The van der Waals surface area contributed by atoms with Gasteiger partial charge >= 0.3 is 0 Å². The normalized spacial score (nSPS) is 13.0. The van der Waals surface area contributed by atoms with E-state index >= 15 is 0 Å². The molecule has 0 aliphatic rings. The highest BCUT2D eigenvalue weighted by Gasteiger charge is 2.06. The van der Waals surface area contributed by atoms with Crippen molar-refractivity contribution in [1.29, 1.82) is 0 Å². The summed E-state index contributed by atoms with van der Waals surface area (Å²) in [6.07, 6.45) is 4.99. The van der Waals surface area contributed by atoms with Gasteiger partial charge in [0.25, 0.3) is 0 Å². The predicted molar refractivity (Wildman–Crippen MR) is 61.7 cm³/mol. The number of hydrogen-bond acceptors (Lipinski definition) is 3. The summed E-state index contributed by atoms with van der Waals surface area (Å²) in [6, 6.07) is 2.60. The number of aryl methyl sites for hydroxylation is 1. The largest absolute Gasteiger partial charge is 0.361 e. The molecule has 1 aromatic heterocycles. The van der Waals surface area contributed by atoms with Gasteiger partial charge in [0.2, 0.25) is 0 Å². The maximum Gasteiger partial charge on any atom is 0.133 e.